The van der Waals surface area contributed by atoms with Crippen molar-refractivity contribution >= 4 is 0 Å². The van der Waals surface area contributed by atoms with Gasteiger partial charge < -0.3 is 15.2 Å². The number of piperidine rings is 1. The van der Waals surface area contributed by atoms with Gasteiger partial charge in [-0.3, -0.25) is 0 Å². The van der Waals surface area contributed by atoms with Crippen molar-refractivity contribution in [3.8, 4) is 11.5 Å². The first-order chi connectivity index (χ1) is 8.22. The van der Waals surface area contributed by atoms with Crippen LogP contribution in [0.1, 0.15) is 24.0 Å². The van der Waals surface area contributed by atoms with Gasteiger partial charge >= 0.3 is 0 Å². The molecular formula is C14H21NO2. The molecule has 0 unspecified atom stereocenters. The van der Waals surface area contributed by atoms with Gasteiger partial charge in [-0.25, -0.2) is 0 Å². The number of aromatic hydroxyl groups is 1. The van der Waals surface area contributed by atoms with Crippen LogP contribution in [0.2, 0.25) is 0 Å². The molecule has 0 amide bonds. The van der Waals surface area contributed by atoms with Crippen LogP contribution in [-0.2, 0) is 6.42 Å². The number of phenols is 1. The molecule has 94 valence electrons. The average molecular weight is 235 g/mol. The Labute approximate surface area is 103 Å². The summed E-state index contributed by atoms with van der Waals surface area (Å²) in [5.74, 6) is 1.58. The predicted octanol–water partition coefficient (Wildman–Crippen LogP) is 2.25. The lowest BCUT2D eigenvalue weighted by atomic mass is 9.89. The zero-order valence-electron chi connectivity index (χ0n) is 10.6. The second kappa shape index (κ2) is 5.41. The molecule has 1 aromatic carbocycles. The Balaban J connectivity index is 2.18. The molecule has 1 fully saturated rings. The van der Waals surface area contributed by atoms with Gasteiger partial charge in [0.1, 0.15) is 0 Å². The first-order valence-corrected chi connectivity index (χ1v) is 6.28. The summed E-state index contributed by atoms with van der Waals surface area (Å²) in [6, 6.07) is 3.85. The summed E-state index contributed by atoms with van der Waals surface area (Å²) in [5, 5.41) is 13.5. The van der Waals surface area contributed by atoms with Crippen molar-refractivity contribution in [2.45, 2.75) is 26.2 Å². The van der Waals surface area contributed by atoms with Crippen LogP contribution in [0.25, 0.3) is 0 Å². The van der Waals surface area contributed by atoms with Crippen molar-refractivity contribution in [2.24, 2.45) is 5.92 Å². The van der Waals surface area contributed by atoms with E-state index in [1.807, 2.05) is 12.1 Å². The average Bonchev–Trinajstić information content (AvgIpc) is 2.36. The summed E-state index contributed by atoms with van der Waals surface area (Å²) in [6.45, 7) is 4.23. The number of aryl methyl sites for hydroxylation is 1. The number of methoxy groups -OCH3 is 1. The summed E-state index contributed by atoms with van der Waals surface area (Å²) in [6.07, 6.45) is 3.34. The zero-order chi connectivity index (χ0) is 12.3. The minimum Gasteiger partial charge on any atom is -0.504 e. The highest BCUT2D eigenvalue weighted by atomic mass is 16.5. The van der Waals surface area contributed by atoms with E-state index in [9.17, 15) is 5.11 Å². The van der Waals surface area contributed by atoms with Gasteiger partial charge in [0.2, 0.25) is 0 Å². The molecule has 0 atom stereocenters. The summed E-state index contributed by atoms with van der Waals surface area (Å²) in [7, 11) is 1.60. The second-order valence-electron chi connectivity index (χ2n) is 4.81. The molecule has 3 nitrogen and oxygen atoms in total. The predicted molar refractivity (Wildman–Crippen MR) is 68.7 cm³/mol. The molecule has 1 aliphatic rings. The third-order valence-electron chi connectivity index (χ3n) is 3.65. The van der Waals surface area contributed by atoms with E-state index in [4.69, 9.17) is 4.74 Å². The first kappa shape index (κ1) is 12.2. The monoisotopic (exact) mass is 235 g/mol. The molecule has 2 N–H and O–H groups in total. The Hall–Kier alpha value is -1.22. The summed E-state index contributed by atoms with van der Waals surface area (Å²) in [5.41, 5.74) is 2.21. The molecule has 1 heterocycles. The molecule has 17 heavy (non-hydrogen) atoms. The summed E-state index contributed by atoms with van der Waals surface area (Å²) >= 11 is 0. The number of hydrogen-bond acceptors (Lipinski definition) is 3. The van der Waals surface area contributed by atoms with Gasteiger partial charge in [-0.05, 0) is 56.8 Å². The van der Waals surface area contributed by atoms with Crippen LogP contribution in [-0.4, -0.2) is 25.3 Å². The molecule has 0 saturated carbocycles. The van der Waals surface area contributed by atoms with E-state index in [0.717, 1.165) is 30.6 Å². The van der Waals surface area contributed by atoms with E-state index in [2.05, 4.69) is 12.2 Å². The van der Waals surface area contributed by atoms with Crippen molar-refractivity contribution in [2.75, 3.05) is 20.2 Å². The second-order valence-corrected chi connectivity index (χ2v) is 4.81. The van der Waals surface area contributed by atoms with Crippen molar-refractivity contribution in [3.05, 3.63) is 23.3 Å². The van der Waals surface area contributed by atoms with E-state index >= 15 is 0 Å². The number of benzene rings is 1. The molecule has 1 aromatic rings. The molecular weight excluding hydrogens is 214 g/mol. The first-order valence-electron chi connectivity index (χ1n) is 6.28. The number of hydrogen-bond donors (Lipinski definition) is 2. The Kier molecular flexibility index (Phi) is 3.89. The highest BCUT2D eigenvalue weighted by Gasteiger charge is 2.18. The van der Waals surface area contributed by atoms with Crippen molar-refractivity contribution in [1.29, 1.82) is 0 Å². The molecule has 0 radical (unpaired) electrons. The standard InChI is InChI=1S/C14H21NO2/c1-10-3-4-13(17-2)14(16)12(10)9-11-5-7-15-8-6-11/h3-4,11,15-16H,5-9H2,1-2H3. The third-order valence-corrected chi connectivity index (χ3v) is 3.65. The number of ether oxygens (including phenoxy) is 1. The van der Waals surface area contributed by atoms with Gasteiger partial charge in [-0.2, -0.15) is 0 Å². The number of nitrogens with one attached hydrogen (secondary N) is 1. The lowest BCUT2D eigenvalue weighted by molar-refractivity contribution is 0.351. The molecule has 2 rings (SSSR count). The molecule has 1 saturated heterocycles. The molecule has 0 aliphatic carbocycles. The van der Waals surface area contributed by atoms with Gasteiger partial charge in [-0.1, -0.05) is 6.07 Å². The van der Waals surface area contributed by atoms with Gasteiger partial charge in [-0.15, -0.1) is 0 Å². The molecule has 3 heteroatoms. The van der Waals surface area contributed by atoms with Crippen LogP contribution in [0.3, 0.4) is 0 Å². The van der Waals surface area contributed by atoms with Crippen LogP contribution in [0.5, 0.6) is 11.5 Å². The maximum atomic E-state index is 10.2. The number of phenolic OH excluding ortho intramolecular Hbond substituents is 1. The van der Waals surface area contributed by atoms with E-state index in [0.29, 0.717) is 17.4 Å². The maximum Gasteiger partial charge on any atom is 0.161 e. The lowest BCUT2D eigenvalue weighted by Gasteiger charge is -2.24. The largest absolute Gasteiger partial charge is 0.504 e. The van der Waals surface area contributed by atoms with Crippen molar-refractivity contribution in [3.63, 3.8) is 0 Å². The fraction of sp³-hybridized carbons (Fsp3) is 0.571. The van der Waals surface area contributed by atoms with Gasteiger partial charge in [0.15, 0.2) is 11.5 Å². The Bertz CT molecular complexity index is 384. The minimum atomic E-state index is 0.325. The molecule has 0 aromatic heterocycles. The highest BCUT2D eigenvalue weighted by Crippen LogP contribution is 2.34. The minimum absolute atomic E-state index is 0.325. The van der Waals surface area contributed by atoms with Crippen LogP contribution in [0.4, 0.5) is 0 Å². The molecule has 0 bridgehead atoms. The van der Waals surface area contributed by atoms with Gasteiger partial charge in [0.25, 0.3) is 0 Å². The smallest absolute Gasteiger partial charge is 0.161 e. The zero-order valence-corrected chi connectivity index (χ0v) is 10.6. The van der Waals surface area contributed by atoms with E-state index in [1.54, 1.807) is 7.11 Å². The van der Waals surface area contributed by atoms with Crippen LogP contribution in [0, 0.1) is 12.8 Å². The van der Waals surface area contributed by atoms with Crippen LogP contribution in [0.15, 0.2) is 12.1 Å². The van der Waals surface area contributed by atoms with Crippen LogP contribution >= 0.6 is 0 Å². The Morgan fingerprint density at radius 3 is 2.71 bits per heavy atom. The topological polar surface area (TPSA) is 41.5 Å². The Morgan fingerprint density at radius 1 is 1.35 bits per heavy atom. The SMILES string of the molecule is COc1ccc(C)c(CC2CCNCC2)c1O. The highest BCUT2D eigenvalue weighted by molar-refractivity contribution is 5.49. The fourth-order valence-corrected chi connectivity index (χ4v) is 2.51. The summed E-state index contributed by atoms with van der Waals surface area (Å²) in [4.78, 5) is 0. The molecule has 0 spiro atoms. The normalized spacial score (nSPS) is 17.1. The quantitative estimate of drug-likeness (QED) is 0.844. The van der Waals surface area contributed by atoms with Gasteiger partial charge in [0.05, 0.1) is 7.11 Å². The van der Waals surface area contributed by atoms with Crippen molar-refractivity contribution < 1.29 is 9.84 Å². The summed E-state index contributed by atoms with van der Waals surface area (Å²) < 4.78 is 5.17. The van der Waals surface area contributed by atoms with Gasteiger partial charge in [0, 0.05) is 5.56 Å². The Morgan fingerprint density at radius 2 is 2.06 bits per heavy atom. The molecule has 1 aliphatic heterocycles. The van der Waals surface area contributed by atoms with E-state index in [-0.39, 0.29) is 0 Å². The van der Waals surface area contributed by atoms with Crippen molar-refractivity contribution in [1.82, 2.24) is 5.32 Å². The lowest BCUT2D eigenvalue weighted by Crippen LogP contribution is -2.28. The third kappa shape index (κ3) is 2.72. The van der Waals surface area contributed by atoms with Crippen LogP contribution < -0.4 is 10.1 Å². The van der Waals surface area contributed by atoms with E-state index < -0.39 is 0 Å². The number of rotatable bonds is 3. The van der Waals surface area contributed by atoms with E-state index in [1.165, 1.54) is 12.8 Å². The fourth-order valence-electron chi connectivity index (χ4n) is 2.51. The maximum absolute atomic E-state index is 10.2.